The number of hydrogen-bond donors (Lipinski definition) is 2. The maximum absolute atomic E-state index is 11.4. The van der Waals surface area contributed by atoms with Gasteiger partial charge >= 0.3 is 0 Å². The third-order valence-electron chi connectivity index (χ3n) is 2.66. The highest BCUT2D eigenvalue weighted by molar-refractivity contribution is 5.78. The number of likely N-dealkylation sites (N-methyl/N-ethyl adjacent to an activating group) is 1. The molecule has 0 unspecified atom stereocenters. The van der Waals surface area contributed by atoms with Crippen LogP contribution in [0.4, 0.5) is 0 Å². The molecule has 2 heterocycles. The van der Waals surface area contributed by atoms with Gasteiger partial charge in [0.15, 0.2) is 5.65 Å². The summed E-state index contributed by atoms with van der Waals surface area (Å²) in [6, 6.07) is 1.98. The van der Waals surface area contributed by atoms with Crippen molar-refractivity contribution >= 4 is 11.6 Å². The second kappa shape index (κ2) is 5.14. The van der Waals surface area contributed by atoms with Gasteiger partial charge in [-0.3, -0.25) is 4.79 Å². The topological polar surface area (TPSA) is 71.3 Å². The molecule has 0 aliphatic carbocycles. The van der Waals surface area contributed by atoms with E-state index in [4.69, 9.17) is 0 Å². The molecule has 0 bridgehead atoms. The van der Waals surface area contributed by atoms with Crippen LogP contribution in [0.2, 0.25) is 0 Å². The summed E-state index contributed by atoms with van der Waals surface area (Å²) in [5.74, 6) is -0.0405. The van der Waals surface area contributed by atoms with Crippen LogP contribution in [0.15, 0.2) is 12.3 Å². The third kappa shape index (κ3) is 2.48. The molecule has 2 rings (SSSR count). The lowest BCUT2D eigenvalue weighted by Gasteiger charge is -2.04. The maximum Gasteiger partial charge on any atom is 0.234 e. The Balaban J connectivity index is 2.21. The van der Waals surface area contributed by atoms with Crippen LogP contribution in [0.25, 0.3) is 5.65 Å². The fourth-order valence-electron chi connectivity index (χ4n) is 1.86. The molecule has 0 atom stereocenters. The van der Waals surface area contributed by atoms with Crippen LogP contribution in [-0.4, -0.2) is 34.1 Å². The van der Waals surface area contributed by atoms with E-state index in [-0.39, 0.29) is 5.91 Å². The van der Waals surface area contributed by atoms with Gasteiger partial charge in [0.1, 0.15) is 0 Å². The maximum atomic E-state index is 11.4. The first-order chi connectivity index (χ1) is 8.61. The Labute approximate surface area is 105 Å². The Morgan fingerprint density at radius 2 is 2.22 bits per heavy atom. The van der Waals surface area contributed by atoms with Crippen molar-refractivity contribution in [3.63, 3.8) is 0 Å². The molecule has 0 aliphatic heterocycles. The predicted molar refractivity (Wildman–Crippen MR) is 68.2 cm³/mol. The molecule has 0 radical (unpaired) electrons. The molecule has 1 amide bonds. The molecule has 0 aliphatic rings. The van der Waals surface area contributed by atoms with E-state index in [0.29, 0.717) is 13.1 Å². The summed E-state index contributed by atoms with van der Waals surface area (Å²) in [4.78, 5) is 15.8. The standard InChI is InChI=1S/C12H17N5O/c1-8-4-9(2)17-12(16-8)10(6-15-17)5-14-11(18)7-13-3/h4,6,13H,5,7H2,1-3H3,(H,14,18). The van der Waals surface area contributed by atoms with Crippen LogP contribution < -0.4 is 10.6 Å². The van der Waals surface area contributed by atoms with Gasteiger partial charge in [0.25, 0.3) is 0 Å². The number of aryl methyl sites for hydroxylation is 2. The molecule has 6 nitrogen and oxygen atoms in total. The zero-order chi connectivity index (χ0) is 13.1. The lowest BCUT2D eigenvalue weighted by Crippen LogP contribution is -2.31. The highest BCUT2D eigenvalue weighted by Gasteiger charge is 2.09. The molecular weight excluding hydrogens is 230 g/mol. The molecule has 0 saturated carbocycles. The minimum atomic E-state index is -0.0405. The summed E-state index contributed by atoms with van der Waals surface area (Å²) in [6.45, 7) is 4.69. The predicted octanol–water partition coefficient (Wildman–Crippen LogP) is 0.182. The van der Waals surface area contributed by atoms with E-state index in [1.54, 1.807) is 17.8 Å². The summed E-state index contributed by atoms with van der Waals surface area (Å²) in [5.41, 5.74) is 3.71. The largest absolute Gasteiger partial charge is 0.351 e. The van der Waals surface area contributed by atoms with Crippen LogP contribution in [0.5, 0.6) is 0 Å². The van der Waals surface area contributed by atoms with Gasteiger partial charge in [-0.1, -0.05) is 0 Å². The second-order valence-electron chi connectivity index (χ2n) is 4.25. The highest BCUT2D eigenvalue weighted by atomic mass is 16.1. The van der Waals surface area contributed by atoms with Gasteiger partial charge in [-0.25, -0.2) is 9.50 Å². The molecule has 0 spiro atoms. The first kappa shape index (κ1) is 12.5. The molecule has 18 heavy (non-hydrogen) atoms. The highest BCUT2D eigenvalue weighted by Crippen LogP contribution is 2.11. The SMILES string of the molecule is CNCC(=O)NCc1cnn2c(C)cc(C)nc12. The molecule has 6 heteroatoms. The fourth-order valence-corrected chi connectivity index (χ4v) is 1.86. The van der Waals surface area contributed by atoms with Gasteiger partial charge in [-0.2, -0.15) is 5.10 Å². The van der Waals surface area contributed by atoms with E-state index in [9.17, 15) is 4.79 Å². The minimum absolute atomic E-state index is 0.0405. The van der Waals surface area contributed by atoms with Gasteiger partial charge in [-0.15, -0.1) is 0 Å². The normalized spacial score (nSPS) is 10.8. The first-order valence-electron chi connectivity index (χ1n) is 5.84. The molecule has 0 aromatic carbocycles. The summed E-state index contributed by atoms with van der Waals surface area (Å²) < 4.78 is 1.78. The average molecular weight is 247 g/mol. The zero-order valence-corrected chi connectivity index (χ0v) is 10.8. The van der Waals surface area contributed by atoms with Gasteiger partial charge in [0.05, 0.1) is 12.7 Å². The summed E-state index contributed by atoms with van der Waals surface area (Å²) in [5, 5.41) is 9.90. The second-order valence-corrected chi connectivity index (χ2v) is 4.25. The molecular formula is C12H17N5O. The van der Waals surface area contributed by atoms with Crippen LogP contribution in [-0.2, 0) is 11.3 Å². The Hall–Kier alpha value is -1.95. The average Bonchev–Trinajstić information content (AvgIpc) is 2.70. The number of hydrogen-bond acceptors (Lipinski definition) is 4. The number of carbonyl (C=O) groups excluding carboxylic acids is 1. The van der Waals surface area contributed by atoms with Gasteiger partial charge < -0.3 is 10.6 Å². The summed E-state index contributed by atoms with van der Waals surface area (Å²) >= 11 is 0. The lowest BCUT2D eigenvalue weighted by atomic mass is 10.3. The summed E-state index contributed by atoms with van der Waals surface area (Å²) in [7, 11) is 1.74. The Kier molecular flexibility index (Phi) is 3.57. The van der Waals surface area contributed by atoms with Crippen LogP contribution in [0, 0.1) is 13.8 Å². The Bertz CT molecular complexity index is 575. The number of carbonyl (C=O) groups is 1. The van der Waals surface area contributed by atoms with Gasteiger partial charge in [-0.05, 0) is 27.0 Å². The quantitative estimate of drug-likeness (QED) is 0.808. The fraction of sp³-hybridized carbons (Fsp3) is 0.417. The van der Waals surface area contributed by atoms with E-state index in [1.165, 1.54) is 0 Å². The van der Waals surface area contributed by atoms with E-state index in [2.05, 4.69) is 20.7 Å². The molecule has 2 aromatic rings. The number of rotatable bonds is 4. The molecule has 0 saturated heterocycles. The number of nitrogens with zero attached hydrogens (tertiary/aromatic N) is 3. The molecule has 2 aromatic heterocycles. The van der Waals surface area contributed by atoms with E-state index in [0.717, 1.165) is 22.6 Å². The van der Waals surface area contributed by atoms with Crippen molar-refractivity contribution in [1.82, 2.24) is 25.2 Å². The third-order valence-corrected chi connectivity index (χ3v) is 2.66. The van der Waals surface area contributed by atoms with Crippen molar-refractivity contribution in [2.24, 2.45) is 0 Å². The Morgan fingerprint density at radius 3 is 2.94 bits per heavy atom. The minimum Gasteiger partial charge on any atom is -0.351 e. The zero-order valence-electron chi connectivity index (χ0n) is 10.8. The van der Waals surface area contributed by atoms with Crippen LogP contribution in [0.3, 0.4) is 0 Å². The van der Waals surface area contributed by atoms with Crippen molar-refractivity contribution in [1.29, 1.82) is 0 Å². The van der Waals surface area contributed by atoms with Gasteiger partial charge in [0.2, 0.25) is 5.91 Å². The number of amides is 1. The number of nitrogens with one attached hydrogen (secondary N) is 2. The summed E-state index contributed by atoms with van der Waals surface area (Å²) in [6.07, 6.45) is 1.74. The van der Waals surface area contributed by atoms with Crippen molar-refractivity contribution in [3.8, 4) is 0 Å². The van der Waals surface area contributed by atoms with E-state index in [1.807, 2.05) is 19.9 Å². The van der Waals surface area contributed by atoms with Crippen molar-refractivity contribution in [2.45, 2.75) is 20.4 Å². The number of fused-ring (bicyclic) bond motifs is 1. The van der Waals surface area contributed by atoms with E-state index < -0.39 is 0 Å². The number of aromatic nitrogens is 3. The van der Waals surface area contributed by atoms with Gasteiger partial charge in [0, 0.05) is 23.5 Å². The first-order valence-corrected chi connectivity index (χ1v) is 5.84. The molecule has 96 valence electrons. The van der Waals surface area contributed by atoms with Crippen molar-refractivity contribution in [3.05, 3.63) is 29.2 Å². The smallest absolute Gasteiger partial charge is 0.234 e. The molecule has 2 N–H and O–H groups in total. The molecule has 0 fully saturated rings. The van der Waals surface area contributed by atoms with Crippen LogP contribution >= 0.6 is 0 Å². The lowest BCUT2D eigenvalue weighted by molar-refractivity contribution is -0.120. The van der Waals surface area contributed by atoms with Crippen molar-refractivity contribution < 1.29 is 4.79 Å². The van der Waals surface area contributed by atoms with E-state index >= 15 is 0 Å². The monoisotopic (exact) mass is 247 g/mol. The van der Waals surface area contributed by atoms with Crippen molar-refractivity contribution in [2.75, 3.05) is 13.6 Å². The van der Waals surface area contributed by atoms with Crippen LogP contribution in [0.1, 0.15) is 17.0 Å². The Morgan fingerprint density at radius 1 is 1.44 bits per heavy atom.